The number of aromatic nitrogens is 2. The highest BCUT2D eigenvalue weighted by Gasteiger charge is 2.02. The van der Waals surface area contributed by atoms with Crippen LogP contribution < -0.4 is 15.4 Å². The van der Waals surface area contributed by atoms with E-state index < -0.39 is 0 Å². The molecule has 0 aliphatic carbocycles. The molecule has 2 aromatic rings. The number of nitrogens with one attached hydrogen (secondary N) is 2. The van der Waals surface area contributed by atoms with Crippen LogP contribution in [-0.4, -0.2) is 43.9 Å². The van der Waals surface area contributed by atoms with E-state index in [9.17, 15) is 0 Å². The fourth-order valence-electron chi connectivity index (χ4n) is 2.13. The minimum absolute atomic E-state index is 0.619. The van der Waals surface area contributed by atoms with Crippen LogP contribution in [0.3, 0.4) is 0 Å². The fourth-order valence-corrected chi connectivity index (χ4v) is 2.13. The first-order valence-corrected chi connectivity index (χ1v) is 7.66. The Balaban J connectivity index is 1.86. The average Bonchev–Trinajstić information content (AvgIpc) is 2.55. The standard InChI is InChI=1S/C17H24N4O2/c1-13-12-16(21-17(20-13)19-10-11-22-2)18-9-8-14-4-6-15(23-3)7-5-14/h4-7,12H,8-11H2,1-3H3,(H2,18,19,20,21). The molecule has 0 fully saturated rings. The summed E-state index contributed by atoms with van der Waals surface area (Å²) in [4.78, 5) is 8.81. The zero-order chi connectivity index (χ0) is 16.5. The number of hydrogen-bond donors (Lipinski definition) is 2. The highest BCUT2D eigenvalue weighted by atomic mass is 16.5. The molecule has 0 atom stereocenters. The zero-order valence-corrected chi connectivity index (χ0v) is 13.9. The van der Waals surface area contributed by atoms with Gasteiger partial charge in [-0.25, -0.2) is 4.98 Å². The van der Waals surface area contributed by atoms with Gasteiger partial charge in [-0.15, -0.1) is 0 Å². The Labute approximate surface area is 137 Å². The van der Waals surface area contributed by atoms with E-state index in [4.69, 9.17) is 9.47 Å². The third kappa shape index (κ3) is 5.75. The highest BCUT2D eigenvalue weighted by molar-refractivity contribution is 5.42. The maximum atomic E-state index is 5.16. The summed E-state index contributed by atoms with van der Waals surface area (Å²) in [5.74, 6) is 2.32. The molecule has 6 heteroatoms. The maximum absolute atomic E-state index is 5.16. The lowest BCUT2D eigenvalue weighted by atomic mass is 10.1. The van der Waals surface area contributed by atoms with Crippen LogP contribution in [0.2, 0.25) is 0 Å². The fraction of sp³-hybridized carbons (Fsp3) is 0.412. The van der Waals surface area contributed by atoms with Crippen molar-refractivity contribution in [2.75, 3.05) is 44.5 Å². The first-order chi connectivity index (χ1) is 11.2. The van der Waals surface area contributed by atoms with Crippen LogP contribution in [0, 0.1) is 6.92 Å². The van der Waals surface area contributed by atoms with Gasteiger partial charge in [0.25, 0.3) is 0 Å². The van der Waals surface area contributed by atoms with Gasteiger partial charge >= 0.3 is 0 Å². The summed E-state index contributed by atoms with van der Waals surface area (Å²) < 4.78 is 10.2. The van der Waals surface area contributed by atoms with Crippen LogP contribution in [-0.2, 0) is 11.2 Å². The molecule has 1 aromatic heterocycles. The molecule has 0 bridgehead atoms. The highest BCUT2D eigenvalue weighted by Crippen LogP contribution is 2.13. The Morgan fingerprint density at radius 3 is 2.48 bits per heavy atom. The van der Waals surface area contributed by atoms with E-state index in [2.05, 4.69) is 32.7 Å². The number of aryl methyl sites for hydroxylation is 1. The number of methoxy groups -OCH3 is 2. The van der Waals surface area contributed by atoms with Crippen molar-refractivity contribution in [2.24, 2.45) is 0 Å². The quantitative estimate of drug-likeness (QED) is 0.693. The zero-order valence-electron chi connectivity index (χ0n) is 13.9. The van der Waals surface area contributed by atoms with Gasteiger partial charge in [0.1, 0.15) is 11.6 Å². The predicted molar refractivity (Wildman–Crippen MR) is 92.3 cm³/mol. The normalized spacial score (nSPS) is 10.4. The molecule has 124 valence electrons. The Morgan fingerprint density at radius 2 is 1.78 bits per heavy atom. The minimum Gasteiger partial charge on any atom is -0.497 e. The number of rotatable bonds is 9. The van der Waals surface area contributed by atoms with Gasteiger partial charge in [-0.05, 0) is 31.0 Å². The minimum atomic E-state index is 0.619. The molecule has 1 aromatic carbocycles. The molecule has 0 saturated heterocycles. The maximum Gasteiger partial charge on any atom is 0.224 e. The molecule has 0 aliphatic rings. The van der Waals surface area contributed by atoms with Gasteiger partial charge in [-0.1, -0.05) is 12.1 Å². The molecular weight excluding hydrogens is 292 g/mol. The van der Waals surface area contributed by atoms with E-state index in [0.717, 1.165) is 30.2 Å². The van der Waals surface area contributed by atoms with Crippen LogP contribution in [0.1, 0.15) is 11.3 Å². The summed E-state index contributed by atoms with van der Waals surface area (Å²) in [5.41, 5.74) is 2.18. The first kappa shape index (κ1) is 17.0. The Kier molecular flexibility index (Phi) is 6.62. The smallest absolute Gasteiger partial charge is 0.224 e. The molecule has 0 unspecified atom stereocenters. The van der Waals surface area contributed by atoms with Crippen molar-refractivity contribution in [1.82, 2.24) is 9.97 Å². The number of nitrogens with zero attached hydrogens (tertiary/aromatic N) is 2. The summed E-state index contributed by atoms with van der Waals surface area (Å²) >= 11 is 0. The summed E-state index contributed by atoms with van der Waals surface area (Å²) in [6.07, 6.45) is 0.916. The van der Waals surface area contributed by atoms with Crippen molar-refractivity contribution < 1.29 is 9.47 Å². The summed E-state index contributed by atoms with van der Waals surface area (Å²) in [7, 11) is 3.34. The van der Waals surface area contributed by atoms with E-state index in [1.165, 1.54) is 5.56 Å². The monoisotopic (exact) mass is 316 g/mol. The van der Waals surface area contributed by atoms with Gasteiger partial charge in [0.15, 0.2) is 0 Å². The summed E-state index contributed by atoms with van der Waals surface area (Å²) in [5, 5.41) is 6.49. The van der Waals surface area contributed by atoms with Crippen molar-refractivity contribution >= 4 is 11.8 Å². The van der Waals surface area contributed by atoms with Crippen LogP contribution in [0.25, 0.3) is 0 Å². The SMILES string of the molecule is COCCNc1nc(C)cc(NCCc2ccc(OC)cc2)n1. The van der Waals surface area contributed by atoms with Gasteiger partial charge < -0.3 is 20.1 Å². The lowest BCUT2D eigenvalue weighted by Crippen LogP contribution is -2.13. The second-order valence-electron chi connectivity index (χ2n) is 5.16. The van der Waals surface area contributed by atoms with Gasteiger partial charge in [0.2, 0.25) is 5.95 Å². The average molecular weight is 316 g/mol. The van der Waals surface area contributed by atoms with Crippen LogP contribution in [0.15, 0.2) is 30.3 Å². The van der Waals surface area contributed by atoms with Crippen LogP contribution >= 0.6 is 0 Å². The molecule has 2 N–H and O–H groups in total. The Hall–Kier alpha value is -2.34. The van der Waals surface area contributed by atoms with Crippen molar-refractivity contribution in [3.05, 3.63) is 41.6 Å². The number of ether oxygens (including phenoxy) is 2. The van der Waals surface area contributed by atoms with Crippen molar-refractivity contribution in [3.8, 4) is 5.75 Å². The van der Waals surface area contributed by atoms with Crippen LogP contribution in [0.5, 0.6) is 5.75 Å². The van der Waals surface area contributed by atoms with Crippen LogP contribution in [0.4, 0.5) is 11.8 Å². The molecule has 0 amide bonds. The molecule has 0 spiro atoms. The molecule has 0 saturated carbocycles. The third-order valence-corrected chi connectivity index (χ3v) is 3.32. The molecule has 1 heterocycles. The summed E-state index contributed by atoms with van der Waals surface area (Å²) in [6, 6.07) is 10.0. The second kappa shape index (κ2) is 8.95. The Morgan fingerprint density at radius 1 is 1.00 bits per heavy atom. The first-order valence-electron chi connectivity index (χ1n) is 7.66. The van der Waals surface area contributed by atoms with E-state index in [0.29, 0.717) is 19.1 Å². The number of benzene rings is 1. The van der Waals surface area contributed by atoms with E-state index >= 15 is 0 Å². The van der Waals surface area contributed by atoms with E-state index in [1.807, 2.05) is 25.1 Å². The lowest BCUT2D eigenvalue weighted by molar-refractivity contribution is 0.210. The largest absolute Gasteiger partial charge is 0.497 e. The van der Waals surface area contributed by atoms with Gasteiger partial charge in [0.05, 0.1) is 13.7 Å². The topological polar surface area (TPSA) is 68.3 Å². The molecule has 0 aliphatic heterocycles. The molecule has 2 rings (SSSR count). The lowest BCUT2D eigenvalue weighted by Gasteiger charge is -2.10. The number of anilines is 2. The predicted octanol–water partition coefficient (Wildman–Crippen LogP) is 2.51. The van der Waals surface area contributed by atoms with E-state index in [-0.39, 0.29) is 0 Å². The van der Waals surface area contributed by atoms with Gasteiger partial charge in [-0.2, -0.15) is 4.98 Å². The van der Waals surface area contributed by atoms with Gasteiger partial charge in [-0.3, -0.25) is 0 Å². The summed E-state index contributed by atoms with van der Waals surface area (Å²) in [6.45, 7) is 4.07. The molecule has 6 nitrogen and oxygen atoms in total. The molecule has 23 heavy (non-hydrogen) atoms. The molecular formula is C17H24N4O2. The number of hydrogen-bond acceptors (Lipinski definition) is 6. The van der Waals surface area contributed by atoms with Crippen molar-refractivity contribution in [2.45, 2.75) is 13.3 Å². The van der Waals surface area contributed by atoms with Crippen molar-refractivity contribution in [1.29, 1.82) is 0 Å². The second-order valence-corrected chi connectivity index (χ2v) is 5.16. The third-order valence-electron chi connectivity index (χ3n) is 3.32. The molecule has 0 radical (unpaired) electrons. The van der Waals surface area contributed by atoms with E-state index in [1.54, 1.807) is 14.2 Å². The van der Waals surface area contributed by atoms with Gasteiger partial charge in [0, 0.05) is 32.0 Å². The van der Waals surface area contributed by atoms with Crippen molar-refractivity contribution in [3.63, 3.8) is 0 Å². The Bertz CT molecular complexity index is 602.